The number of amides is 1. The number of anilines is 1. The SMILES string of the molecule is Cc1nc(NC(=O)C=Cc2ccccc2)sc1-c1nc(-c2cccs2)no1. The van der Waals surface area contributed by atoms with Crippen LogP contribution in [0.25, 0.3) is 27.5 Å². The molecule has 8 heteroatoms. The molecule has 6 nitrogen and oxygen atoms in total. The summed E-state index contributed by atoms with van der Waals surface area (Å²) >= 11 is 2.85. The first kappa shape index (κ1) is 17.3. The number of carbonyl (C=O) groups is 1. The lowest BCUT2D eigenvalue weighted by Gasteiger charge is -1.95. The molecule has 134 valence electrons. The third kappa shape index (κ3) is 4.02. The van der Waals surface area contributed by atoms with Crippen LogP contribution in [0.5, 0.6) is 0 Å². The fraction of sp³-hybridized carbons (Fsp3) is 0.0526. The van der Waals surface area contributed by atoms with Gasteiger partial charge < -0.3 is 4.52 Å². The van der Waals surface area contributed by atoms with Gasteiger partial charge in [0.15, 0.2) is 5.13 Å². The second-order valence-electron chi connectivity index (χ2n) is 5.57. The minimum absolute atomic E-state index is 0.246. The van der Waals surface area contributed by atoms with Crippen LogP contribution in [0.3, 0.4) is 0 Å². The zero-order valence-corrected chi connectivity index (χ0v) is 15.9. The topological polar surface area (TPSA) is 80.9 Å². The van der Waals surface area contributed by atoms with Crippen LogP contribution in [0.2, 0.25) is 0 Å². The summed E-state index contributed by atoms with van der Waals surface area (Å²) in [5, 5.41) is 9.23. The quantitative estimate of drug-likeness (QED) is 0.488. The predicted octanol–water partition coefficient (Wildman–Crippen LogP) is 4.88. The number of aromatic nitrogens is 3. The summed E-state index contributed by atoms with van der Waals surface area (Å²) in [4.78, 5) is 22.6. The lowest BCUT2D eigenvalue weighted by atomic mass is 10.2. The fourth-order valence-electron chi connectivity index (χ4n) is 2.35. The highest BCUT2D eigenvalue weighted by Gasteiger charge is 2.18. The fourth-order valence-corrected chi connectivity index (χ4v) is 3.89. The maximum absolute atomic E-state index is 12.1. The highest BCUT2D eigenvalue weighted by molar-refractivity contribution is 7.19. The van der Waals surface area contributed by atoms with Gasteiger partial charge in [0.1, 0.15) is 4.88 Å². The molecule has 1 aromatic carbocycles. The van der Waals surface area contributed by atoms with Crippen molar-refractivity contribution in [2.45, 2.75) is 6.92 Å². The van der Waals surface area contributed by atoms with Gasteiger partial charge in [0.2, 0.25) is 11.7 Å². The van der Waals surface area contributed by atoms with Crippen molar-refractivity contribution in [3.8, 4) is 21.5 Å². The number of hydrogen-bond donors (Lipinski definition) is 1. The van der Waals surface area contributed by atoms with Gasteiger partial charge in [-0.3, -0.25) is 10.1 Å². The van der Waals surface area contributed by atoms with E-state index in [1.807, 2.05) is 54.8 Å². The molecule has 0 atom stereocenters. The Morgan fingerprint density at radius 2 is 2.00 bits per heavy atom. The van der Waals surface area contributed by atoms with Crippen LogP contribution >= 0.6 is 22.7 Å². The zero-order chi connectivity index (χ0) is 18.6. The monoisotopic (exact) mass is 394 g/mol. The Bertz CT molecular complexity index is 1080. The van der Waals surface area contributed by atoms with Crippen LogP contribution in [0, 0.1) is 6.92 Å². The van der Waals surface area contributed by atoms with E-state index in [0.29, 0.717) is 16.8 Å². The van der Waals surface area contributed by atoms with E-state index >= 15 is 0 Å². The van der Waals surface area contributed by atoms with Crippen molar-refractivity contribution >= 4 is 39.8 Å². The summed E-state index contributed by atoms with van der Waals surface area (Å²) in [6.45, 7) is 1.84. The Hall–Kier alpha value is -3.10. The van der Waals surface area contributed by atoms with Crippen LogP contribution in [-0.2, 0) is 4.79 Å². The third-order valence-corrected chi connectivity index (χ3v) is 5.54. The lowest BCUT2D eigenvalue weighted by molar-refractivity contribution is -0.111. The Morgan fingerprint density at radius 3 is 2.78 bits per heavy atom. The van der Waals surface area contributed by atoms with Crippen LogP contribution in [0.15, 0.2) is 58.4 Å². The first-order valence-corrected chi connectivity index (χ1v) is 9.78. The minimum atomic E-state index is -0.246. The predicted molar refractivity (Wildman–Crippen MR) is 108 cm³/mol. The number of carbonyl (C=O) groups excluding carboxylic acids is 1. The number of benzene rings is 1. The van der Waals surface area contributed by atoms with Crippen molar-refractivity contribution in [2.24, 2.45) is 0 Å². The van der Waals surface area contributed by atoms with E-state index in [0.717, 1.165) is 21.0 Å². The molecule has 0 bridgehead atoms. The molecular formula is C19H14N4O2S2. The van der Waals surface area contributed by atoms with Gasteiger partial charge in [0, 0.05) is 6.08 Å². The highest BCUT2D eigenvalue weighted by Crippen LogP contribution is 2.33. The number of aryl methyl sites for hydroxylation is 1. The number of rotatable bonds is 5. The van der Waals surface area contributed by atoms with E-state index in [1.165, 1.54) is 17.4 Å². The van der Waals surface area contributed by atoms with E-state index in [4.69, 9.17) is 4.52 Å². The molecule has 0 saturated heterocycles. The van der Waals surface area contributed by atoms with Gasteiger partial charge in [0.05, 0.1) is 10.6 Å². The first-order chi connectivity index (χ1) is 13.2. The normalized spacial score (nSPS) is 11.1. The maximum Gasteiger partial charge on any atom is 0.270 e. The van der Waals surface area contributed by atoms with E-state index in [1.54, 1.807) is 17.4 Å². The van der Waals surface area contributed by atoms with Crippen molar-refractivity contribution in [1.82, 2.24) is 15.1 Å². The summed E-state index contributed by atoms with van der Waals surface area (Å²) in [6.07, 6.45) is 3.23. The number of hydrogen-bond acceptors (Lipinski definition) is 7. The van der Waals surface area contributed by atoms with E-state index < -0.39 is 0 Å². The molecule has 27 heavy (non-hydrogen) atoms. The molecule has 0 aliphatic heterocycles. The molecule has 4 rings (SSSR count). The summed E-state index contributed by atoms with van der Waals surface area (Å²) in [7, 11) is 0. The molecule has 0 aliphatic carbocycles. The average Bonchev–Trinajstić information content (AvgIpc) is 3.41. The van der Waals surface area contributed by atoms with Crippen molar-refractivity contribution in [1.29, 1.82) is 0 Å². The molecule has 4 aromatic rings. The molecule has 0 unspecified atom stereocenters. The van der Waals surface area contributed by atoms with Crippen LogP contribution in [0.4, 0.5) is 5.13 Å². The molecule has 0 radical (unpaired) electrons. The van der Waals surface area contributed by atoms with Gasteiger partial charge in [-0.2, -0.15) is 4.98 Å². The molecule has 0 aliphatic rings. The number of nitrogens with zero attached hydrogens (tertiary/aromatic N) is 3. The van der Waals surface area contributed by atoms with Gasteiger partial charge in [-0.15, -0.1) is 11.3 Å². The van der Waals surface area contributed by atoms with E-state index in [2.05, 4.69) is 20.4 Å². The Morgan fingerprint density at radius 1 is 1.15 bits per heavy atom. The molecule has 3 aromatic heterocycles. The first-order valence-electron chi connectivity index (χ1n) is 8.08. The number of thiophene rings is 1. The van der Waals surface area contributed by atoms with Crippen molar-refractivity contribution in [3.05, 3.63) is 65.2 Å². The standard InChI is InChI=1S/C19H14N4O2S2/c1-12-16(18-22-17(23-25-18)14-8-5-11-26-14)27-19(20-12)21-15(24)10-9-13-6-3-2-4-7-13/h2-11H,1H3,(H,20,21,24). The van der Waals surface area contributed by atoms with E-state index in [9.17, 15) is 4.79 Å². The second kappa shape index (κ2) is 7.65. The molecule has 1 N–H and O–H groups in total. The number of nitrogens with one attached hydrogen (secondary N) is 1. The highest BCUT2D eigenvalue weighted by atomic mass is 32.1. The third-order valence-electron chi connectivity index (χ3n) is 3.62. The second-order valence-corrected chi connectivity index (χ2v) is 7.51. The summed E-state index contributed by atoms with van der Waals surface area (Å²) in [5.41, 5.74) is 1.68. The summed E-state index contributed by atoms with van der Waals surface area (Å²) < 4.78 is 5.37. The molecule has 1 amide bonds. The summed E-state index contributed by atoms with van der Waals surface area (Å²) in [5.74, 6) is 0.696. The number of thiazole rings is 1. The Labute approximate surface area is 163 Å². The van der Waals surface area contributed by atoms with Crippen molar-refractivity contribution < 1.29 is 9.32 Å². The minimum Gasteiger partial charge on any atom is -0.333 e. The van der Waals surface area contributed by atoms with Gasteiger partial charge >= 0.3 is 0 Å². The van der Waals surface area contributed by atoms with Crippen LogP contribution in [-0.4, -0.2) is 21.0 Å². The van der Waals surface area contributed by atoms with Gasteiger partial charge in [-0.25, -0.2) is 4.98 Å². The van der Waals surface area contributed by atoms with Crippen LogP contribution < -0.4 is 5.32 Å². The maximum atomic E-state index is 12.1. The van der Waals surface area contributed by atoms with E-state index in [-0.39, 0.29) is 5.91 Å². The van der Waals surface area contributed by atoms with Crippen molar-refractivity contribution in [3.63, 3.8) is 0 Å². The summed E-state index contributed by atoms with van der Waals surface area (Å²) in [6, 6.07) is 13.5. The molecule has 3 heterocycles. The Kier molecular flexibility index (Phi) is 4.91. The molecule has 0 saturated carbocycles. The average molecular weight is 394 g/mol. The van der Waals surface area contributed by atoms with Gasteiger partial charge in [-0.05, 0) is 30.0 Å². The van der Waals surface area contributed by atoms with Crippen molar-refractivity contribution in [2.75, 3.05) is 5.32 Å². The van der Waals surface area contributed by atoms with Crippen LogP contribution in [0.1, 0.15) is 11.3 Å². The van der Waals surface area contributed by atoms with Gasteiger partial charge in [0.25, 0.3) is 5.89 Å². The Balaban J connectivity index is 1.48. The molecule has 0 fully saturated rings. The zero-order valence-electron chi connectivity index (χ0n) is 14.2. The van der Waals surface area contributed by atoms with Gasteiger partial charge in [-0.1, -0.05) is 52.9 Å². The largest absolute Gasteiger partial charge is 0.333 e. The molecule has 0 spiro atoms. The molecular weight excluding hydrogens is 380 g/mol. The smallest absolute Gasteiger partial charge is 0.270 e. The lowest BCUT2D eigenvalue weighted by Crippen LogP contribution is -2.07.